The lowest BCUT2D eigenvalue weighted by Crippen LogP contribution is -2.16. The largest absolute Gasteiger partial charge is 0.478 e. The number of aromatic carboxylic acids is 2. The van der Waals surface area contributed by atoms with Crippen molar-refractivity contribution >= 4 is 23.9 Å². The van der Waals surface area contributed by atoms with Crippen LogP contribution in [0, 0.1) is 0 Å². The van der Waals surface area contributed by atoms with Gasteiger partial charge in [-0.05, 0) is 31.0 Å². The normalized spacial score (nSPS) is 17.4. The van der Waals surface area contributed by atoms with Crippen molar-refractivity contribution in [3.63, 3.8) is 0 Å². The maximum atomic E-state index is 11.5. The Morgan fingerprint density at radius 3 is 1.56 bits per heavy atom. The van der Waals surface area contributed by atoms with Gasteiger partial charge in [0, 0.05) is 24.0 Å². The van der Waals surface area contributed by atoms with Gasteiger partial charge in [0.25, 0.3) is 0 Å². The van der Waals surface area contributed by atoms with E-state index in [2.05, 4.69) is 13.2 Å². The van der Waals surface area contributed by atoms with E-state index in [-0.39, 0.29) is 34.5 Å². The zero-order valence-electron chi connectivity index (χ0n) is 17.8. The van der Waals surface area contributed by atoms with Crippen LogP contribution in [0.1, 0.15) is 45.7 Å². The average molecular weight is 450 g/mol. The van der Waals surface area contributed by atoms with Crippen molar-refractivity contribution in [2.75, 3.05) is 13.2 Å². The first-order valence-electron chi connectivity index (χ1n) is 9.47. The Kier molecular flexibility index (Phi) is 9.76. The molecule has 0 amide bonds. The van der Waals surface area contributed by atoms with Crippen molar-refractivity contribution in [2.45, 2.75) is 38.9 Å². The van der Waals surface area contributed by atoms with Crippen LogP contribution >= 0.6 is 0 Å². The van der Waals surface area contributed by atoms with Gasteiger partial charge in [0.05, 0.1) is 36.5 Å². The number of hydrogen-bond acceptors (Lipinski definition) is 6. The molecule has 0 aliphatic carbocycles. The molecule has 2 aliphatic rings. The van der Waals surface area contributed by atoms with Gasteiger partial charge in [-0.25, -0.2) is 19.2 Å². The lowest BCUT2D eigenvalue weighted by Gasteiger charge is -2.13. The molecule has 2 saturated heterocycles. The second-order valence-electron chi connectivity index (χ2n) is 7.23. The molecule has 0 bridgehead atoms. The minimum Gasteiger partial charge on any atom is -0.478 e. The highest BCUT2D eigenvalue weighted by molar-refractivity contribution is 6.03. The fourth-order valence-electron chi connectivity index (χ4n) is 2.38. The number of hydrogen-bond donors (Lipinski definition) is 4. The molecule has 2 fully saturated rings. The maximum Gasteiger partial charge on any atom is 0.336 e. The average Bonchev–Trinajstić information content (AvgIpc) is 3.59. The van der Waals surface area contributed by atoms with Crippen LogP contribution < -0.4 is 0 Å². The third-order valence-corrected chi connectivity index (χ3v) is 4.27. The van der Waals surface area contributed by atoms with E-state index in [0.717, 1.165) is 5.56 Å². The monoisotopic (exact) mass is 450 g/mol. The molecule has 0 saturated carbocycles. The Hall–Kier alpha value is -3.50. The van der Waals surface area contributed by atoms with E-state index < -0.39 is 23.9 Å². The van der Waals surface area contributed by atoms with E-state index in [1.807, 2.05) is 0 Å². The molecule has 2 heterocycles. The van der Waals surface area contributed by atoms with Crippen LogP contribution in [-0.2, 0) is 31.9 Å². The summed E-state index contributed by atoms with van der Waals surface area (Å²) in [5.74, 6) is -4.31. The molecule has 32 heavy (non-hydrogen) atoms. The summed E-state index contributed by atoms with van der Waals surface area (Å²) in [6.07, 6.45) is 1.16. The van der Waals surface area contributed by atoms with Gasteiger partial charge in [0.2, 0.25) is 0 Å². The number of carbonyl (C=O) groups is 4. The first-order valence-corrected chi connectivity index (χ1v) is 9.47. The fraction of sp³-hybridized carbons (Fsp3) is 0.364. The van der Waals surface area contributed by atoms with Crippen molar-refractivity contribution in [1.82, 2.24) is 0 Å². The lowest BCUT2D eigenvalue weighted by atomic mass is 9.90. The predicted molar refractivity (Wildman–Crippen MR) is 112 cm³/mol. The number of carboxylic acids is 4. The van der Waals surface area contributed by atoms with E-state index in [9.17, 15) is 24.3 Å². The Labute approximate surface area is 184 Å². The molecule has 174 valence electrons. The third-order valence-electron chi connectivity index (χ3n) is 4.27. The zero-order chi connectivity index (χ0) is 24.6. The molecule has 10 heteroatoms. The minimum absolute atomic E-state index is 0.00369. The van der Waals surface area contributed by atoms with Crippen LogP contribution in [0.4, 0.5) is 0 Å². The summed E-state index contributed by atoms with van der Waals surface area (Å²) in [4.78, 5) is 41.9. The molecular weight excluding hydrogens is 424 g/mol. The van der Waals surface area contributed by atoms with Crippen molar-refractivity contribution in [2.24, 2.45) is 0 Å². The lowest BCUT2D eigenvalue weighted by molar-refractivity contribution is -0.133. The van der Waals surface area contributed by atoms with E-state index in [1.54, 1.807) is 6.07 Å². The van der Waals surface area contributed by atoms with Crippen molar-refractivity contribution in [3.8, 4) is 0 Å². The van der Waals surface area contributed by atoms with Gasteiger partial charge in [0.15, 0.2) is 0 Å². The van der Waals surface area contributed by atoms with Gasteiger partial charge in [-0.15, -0.1) is 0 Å². The van der Waals surface area contributed by atoms with Crippen molar-refractivity contribution in [1.29, 1.82) is 0 Å². The third kappa shape index (κ3) is 9.11. The summed E-state index contributed by atoms with van der Waals surface area (Å²) >= 11 is 0. The smallest absolute Gasteiger partial charge is 0.336 e. The molecular formula is C22H26O10. The Balaban J connectivity index is 0.000000355. The molecule has 0 radical (unpaired) electrons. The highest BCUT2D eigenvalue weighted by atomic mass is 16.6. The Morgan fingerprint density at radius 1 is 0.844 bits per heavy atom. The summed E-state index contributed by atoms with van der Waals surface area (Å²) in [5.41, 5.74) is 1.46. The highest BCUT2D eigenvalue weighted by Crippen LogP contribution is 2.28. The SMILES string of the molecule is C=C(C)C(=O)O.C=C(C)C(=O)O.O=C(O)c1ccc(CC2CO2)c(CC2CO2)c1C(=O)O. The number of carboxylic acid groups (broad SMARTS) is 4. The second-order valence-corrected chi connectivity index (χ2v) is 7.23. The number of rotatable bonds is 8. The van der Waals surface area contributed by atoms with Gasteiger partial charge in [-0.1, -0.05) is 19.2 Å². The first kappa shape index (κ1) is 26.5. The standard InChI is InChI=1S/C14H14O6.2C4H6O2/c15-13(16)10-2-1-7(3-8-5-19-8)11(4-9-6-20-9)12(10)14(17)18;2*1-3(2)4(5)6/h1-2,8-9H,3-6H2,(H,15,16)(H,17,18);2*1H2,2H3,(H,5,6). The van der Waals surface area contributed by atoms with E-state index in [1.165, 1.54) is 19.9 Å². The first-order chi connectivity index (χ1) is 14.8. The van der Waals surface area contributed by atoms with E-state index in [4.69, 9.17) is 24.8 Å². The van der Waals surface area contributed by atoms with E-state index >= 15 is 0 Å². The summed E-state index contributed by atoms with van der Waals surface area (Å²) < 4.78 is 10.3. The molecule has 2 aliphatic heterocycles. The molecule has 1 aromatic rings. The number of aliphatic carboxylic acids is 2. The van der Waals surface area contributed by atoms with Crippen molar-refractivity contribution in [3.05, 3.63) is 58.7 Å². The quantitative estimate of drug-likeness (QED) is 0.339. The highest BCUT2D eigenvalue weighted by Gasteiger charge is 2.32. The zero-order valence-corrected chi connectivity index (χ0v) is 17.8. The Morgan fingerprint density at radius 2 is 1.25 bits per heavy atom. The number of ether oxygens (including phenoxy) is 2. The molecule has 2 unspecified atom stereocenters. The van der Waals surface area contributed by atoms with Gasteiger partial charge >= 0.3 is 23.9 Å². The van der Waals surface area contributed by atoms with Crippen LogP contribution in [0.15, 0.2) is 36.4 Å². The maximum absolute atomic E-state index is 11.5. The van der Waals surface area contributed by atoms with E-state index in [0.29, 0.717) is 31.6 Å². The van der Waals surface area contributed by atoms with Crippen LogP contribution in [0.5, 0.6) is 0 Å². The number of benzene rings is 1. The van der Waals surface area contributed by atoms with Gasteiger partial charge in [0.1, 0.15) is 0 Å². The van der Waals surface area contributed by atoms with Gasteiger partial charge in [-0.3, -0.25) is 0 Å². The van der Waals surface area contributed by atoms with Gasteiger partial charge < -0.3 is 29.9 Å². The van der Waals surface area contributed by atoms with Crippen LogP contribution in [-0.4, -0.2) is 69.7 Å². The molecule has 10 nitrogen and oxygen atoms in total. The Bertz CT molecular complexity index is 875. The number of epoxide rings is 2. The summed E-state index contributed by atoms with van der Waals surface area (Å²) in [6, 6.07) is 3.05. The molecule has 4 N–H and O–H groups in total. The van der Waals surface area contributed by atoms with Crippen molar-refractivity contribution < 1.29 is 49.1 Å². The van der Waals surface area contributed by atoms with Gasteiger partial charge in [-0.2, -0.15) is 0 Å². The van der Waals surface area contributed by atoms with Crippen LogP contribution in [0.2, 0.25) is 0 Å². The molecule has 0 aromatic heterocycles. The molecule has 2 atom stereocenters. The molecule has 1 aromatic carbocycles. The minimum atomic E-state index is -1.23. The van der Waals surface area contributed by atoms with Crippen LogP contribution in [0.25, 0.3) is 0 Å². The predicted octanol–water partition coefficient (Wildman–Crippen LogP) is 2.26. The summed E-state index contributed by atoms with van der Waals surface area (Å²) in [5, 5.41) is 34.3. The molecule has 0 spiro atoms. The topological polar surface area (TPSA) is 174 Å². The summed E-state index contributed by atoms with van der Waals surface area (Å²) in [6.45, 7) is 10.5. The fourth-order valence-corrected chi connectivity index (χ4v) is 2.38. The van der Waals surface area contributed by atoms with Crippen LogP contribution in [0.3, 0.4) is 0 Å². The molecule has 3 rings (SSSR count). The second kappa shape index (κ2) is 11.8. The summed E-state index contributed by atoms with van der Waals surface area (Å²) in [7, 11) is 0.